The highest BCUT2D eigenvalue weighted by Gasteiger charge is 2.33. The van der Waals surface area contributed by atoms with Gasteiger partial charge >= 0.3 is 0 Å². The van der Waals surface area contributed by atoms with Crippen LogP contribution in [0.5, 0.6) is 0 Å². The van der Waals surface area contributed by atoms with Crippen LogP contribution in [0.2, 0.25) is 0 Å². The van der Waals surface area contributed by atoms with Crippen LogP contribution in [0, 0.1) is 0 Å². The molecule has 0 saturated carbocycles. The summed E-state index contributed by atoms with van der Waals surface area (Å²) in [5, 5.41) is 0. The summed E-state index contributed by atoms with van der Waals surface area (Å²) in [4.78, 5) is 6.95. The zero-order valence-electron chi connectivity index (χ0n) is 12.1. The van der Waals surface area contributed by atoms with Gasteiger partial charge in [-0.15, -0.1) is 0 Å². The first-order chi connectivity index (χ1) is 9.39. The predicted octanol–water partition coefficient (Wildman–Crippen LogP) is 4.09. The highest BCUT2D eigenvalue weighted by atomic mass is 15.3. The molecule has 1 aromatic heterocycles. The number of benzene rings is 1. The molecule has 20 heavy (non-hydrogen) atoms. The summed E-state index contributed by atoms with van der Waals surface area (Å²) in [6.07, 6.45) is 0. The van der Waals surface area contributed by atoms with Crippen LogP contribution in [0.4, 0.5) is 17.2 Å². The molecule has 0 fully saturated rings. The van der Waals surface area contributed by atoms with E-state index in [1.807, 2.05) is 24.3 Å². The summed E-state index contributed by atoms with van der Waals surface area (Å²) in [5.41, 5.74) is 10.8. The monoisotopic (exact) mass is 265 g/mol. The average molecular weight is 265 g/mol. The topological polar surface area (TPSA) is 41.9 Å². The molecule has 0 aliphatic carbocycles. The van der Waals surface area contributed by atoms with Gasteiger partial charge in [-0.3, -0.25) is 4.90 Å². The Hall–Kier alpha value is -2.29. The minimum Gasteiger partial charge on any atom is -0.399 e. The number of pyridine rings is 1. The molecule has 0 unspecified atom stereocenters. The van der Waals surface area contributed by atoms with Crippen molar-refractivity contribution in [1.82, 2.24) is 4.98 Å². The Bertz CT molecular complexity index is 673. The van der Waals surface area contributed by atoms with Gasteiger partial charge in [0.1, 0.15) is 5.82 Å². The lowest BCUT2D eigenvalue weighted by atomic mass is 9.91. The maximum Gasteiger partial charge on any atom is 0.147 e. The molecule has 3 nitrogen and oxygen atoms in total. The molecule has 0 spiro atoms. The van der Waals surface area contributed by atoms with Crippen LogP contribution in [0.25, 0.3) is 5.70 Å². The van der Waals surface area contributed by atoms with E-state index in [2.05, 4.69) is 44.4 Å². The molecule has 1 aromatic carbocycles. The average Bonchev–Trinajstić information content (AvgIpc) is 3.11. The second kappa shape index (κ2) is 4.10. The third-order valence-corrected chi connectivity index (χ3v) is 3.51. The quantitative estimate of drug-likeness (QED) is 0.709. The molecular weight excluding hydrogens is 246 g/mol. The number of para-hydroxylation sites is 2. The van der Waals surface area contributed by atoms with Crippen LogP contribution in [-0.4, -0.2) is 4.98 Å². The van der Waals surface area contributed by atoms with Crippen LogP contribution >= 0.6 is 0 Å². The number of hydrogen-bond donors (Lipinski definition) is 1. The van der Waals surface area contributed by atoms with E-state index in [9.17, 15) is 0 Å². The first kappa shape index (κ1) is 12.7. The fourth-order valence-corrected chi connectivity index (χ4v) is 2.32. The molecule has 1 aliphatic rings. The van der Waals surface area contributed by atoms with Crippen LogP contribution < -0.4 is 10.6 Å². The van der Waals surface area contributed by atoms with Crippen molar-refractivity contribution in [2.24, 2.45) is 5.73 Å². The number of fused-ring (bicyclic) bond motifs is 1. The number of anilines is 3. The number of nitrogens with two attached hydrogens (primary N) is 1. The first-order valence-corrected chi connectivity index (χ1v) is 6.75. The van der Waals surface area contributed by atoms with Crippen molar-refractivity contribution in [2.45, 2.75) is 26.2 Å². The lowest BCUT2D eigenvalue weighted by Gasteiger charge is -2.20. The Balaban J connectivity index is 2.11. The van der Waals surface area contributed by atoms with E-state index in [0.717, 1.165) is 17.1 Å². The predicted molar refractivity (Wildman–Crippen MR) is 84.4 cm³/mol. The summed E-state index contributed by atoms with van der Waals surface area (Å²) >= 11 is 0. The summed E-state index contributed by atoms with van der Waals surface area (Å²) in [6, 6.07) is 12.3. The lowest BCUT2D eigenvalue weighted by molar-refractivity contribution is 0.569. The summed E-state index contributed by atoms with van der Waals surface area (Å²) in [7, 11) is 0. The van der Waals surface area contributed by atoms with Gasteiger partial charge in [-0.05, 0) is 24.3 Å². The van der Waals surface area contributed by atoms with Crippen molar-refractivity contribution < 1.29 is 0 Å². The maximum atomic E-state index is 5.91. The van der Waals surface area contributed by atoms with Gasteiger partial charge in [-0.2, -0.15) is 0 Å². The van der Waals surface area contributed by atoms with E-state index in [-0.39, 0.29) is 5.41 Å². The Labute approximate surface area is 119 Å². The largest absolute Gasteiger partial charge is 0.399 e. The van der Waals surface area contributed by atoms with E-state index in [4.69, 9.17) is 10.7 Å². The highest BCUT2D eigenvalue weighted by Crippen LogP contribution is 2.53. The van der Waals surface area contributed by atoms with Crippen LogP contribution in [0.15, 0.2) is 43.0 Å². The van der Waals surface area contributed by atoms with Crippen molar-refractivity contribution in [3.05, 3.63) is 54.2 Å². The van der Waals surface area contributed by atoms with E-state index in [1.54, 1.807) is 0 Å². The minimum absolute atomic E-state index is 0.00536. The second-order valence-electron chi connectivity index (χ2n) is 6.17. The van der Waals surface area contributed by atoms with Gasteiger partial charge < -0.3 is 5.73 Å². The third kappa shape index (κ3) is 1.95. The Morgan fingerprint density at radius 2 is 1.70 bits per heavy atom. The molecule has 102 valence electrons. The summed E-state index contributed by atoms with van der Waals surface area (Å²) < 4.78 is 0. The van der Waals surface area contributed by atoms with Gasteiger partial charge in [0.05, 0.1) is 11.4 Å². The maximum absolute atomic E-state index is 5.91. The van der Waals surface area contributed by atoms with Gasteiger partial charge in [0.2, 0.25) is 0 Å². The lowest BCUT2D eigenvalue weighted by Crippen LogP contribution is -2.15. The van der Waals surface area contributed by atoms with Gasteiger partial charge in [-0.1, -0.05) is 39.5 Å². The van der Waals surface area contributed by atoms with Crippen molar-refractivity contribution in [1.29, 1.82) is 0 Å². The molecule has 2 aromatic rings. The van der Waals surface area contributed by atoms with Crippen molar-refractivity contribution in [2.75, 3.05) is 4.90 Å². The minimum atomic E-state index is 0.00536. The third-order valence-electron chi connectivity index (χ3n) is 3.51. The first-order valence-electron chi connectivity index (χ1n) is 6.75. The normalized spacial score (nSPS) is 13.1. The Morgan fingerprint density at radius 3 is 2.20 bits per heavy atom. The highest BCUT2D eigenvalue weighted by molar-refractivity contribution is 6.01. The Morgan fingerprint density at radius 1 is 1.10 bits per heavy atom. The number of rotatable bonds is 2. The molecule has 2 N–H and O–H groups in total. The van der Waals surface area contributed by atoms with Gasteiger partial charge in [-0.25, -0.2) is 4.98 Å². The van der Waals surface area contributed by atoms with Crippen molar-refractivity contribution in [3.63, 3.8) is 0 Å². The van der Waals surface area contributed by atoms with Gasteiger partial charge in [0.15, 0.2) is 0 Å². The van der Waals surface area contributed by atoms with Crippen LogP contribution in [0.1, 0.15) is 32.0 Å². The van der Waals surface area contributed by atoms with E-state index < -0.39 is 0 Å². The van der Waals surface area contributed by atoms with Gasteiger partial charge in [0.25, 0.3) is 0 Å². The molecule has 0 saturated heterocycles. The second-order valence-corrected chi connectivity index (χ2v) is 6.17. The smallest absolute Gasteiger partial charge is 0.147 e. The fraction of sp³-hybridized carbons (Fsp3) is 0.235. The standard InChI is InChI=1S/C17H19N3/c1-11(18)12-9-10-15(17(2,3)4)19-16(12)20-13-7-5-6-8-14(13)20/h5-10H,1,18H2,2-4H3. The molecule has 0 bridgehead atoms. The molecular formula is C17H19N3. The zero-order valence-corrected chi connectivity index (χ0v) is 12.1. The van der Waals surface area contributed by atoms with E-state index in [0.29, 0.717) is 5.70 Å². The zero-order chi connectivity index (χ0) is 14.5. The fourth-order valence-electron chi connectivity index (χ4n) is 2.32. The molecule has 3 rings (SSSR count). The van der Waals surface area contributed by atoms with Gasteiger partial charge in [0, 0.05) is 22.4 Å². The van der Waals surface area contributed by atoms with Crippen molar-refractivity contribution in [3.8, 4) is 0 Å². The number of hydrogen-bond acceptors (Lipinski definition) is 3. The molecule has 3 heteroatoms. The summed E-state index contributed by atoms with van der Waals surface area (Å²) in [6.45, 7) is 10.3. The Kier molecular flexibility index (Phi) is 2.61. The SMILES string of the molecule is C=C(N)c1ccc(C(C)(C)C)nc1N1c2ccccc21. The van der Waals surface area contributed by atoms with E-state index >= 15 is 0 Å². The molecule has 0 radical (unpaired) electrons. The molecule has 1 aliphatic heterocycles. The molecule has 2 heterocycles. The van der Waals surface area contributed by atoms with Crippen molar-refractivity contribution >= 4 is 22.9 Å². The summed E-state index contributed by atoms with van der Waals surface area (Å²) in [5.74, 6) is 0.881. The van der Waals surface area contributed by atoms with Crippen LogP contribution in [0.3, 0.4) is 0 Å². The van der Waals surface area contributed by atoms with Crippen LogP contribution in [-0.2, 0) is 5.41 Å². The molecule has 0 atom stereocenters. The molecule has 0 amide bonds. The number of aromatic nitrogens is 1. The number of nitrogens with zero attached hydrogens (tertiary/aromatic N) is 2. The van der Waals surface area contributed by atoms with E-state index in [1.165, 1.54) is 11.4 Å².